The van der Waals surface area contributed by atoms with Crippen LogP contribution in [0.4, 0.5) is 0 Å². The van der Waals surface area contributed by atoms with Crippen molar-refractivity contribution in [2.45, 2.75) is 26.4 Å². The normalized spacial score (nSPS) is 11.0. The maximum Gasteiger partial charge on any atom is 0.0406 e. The Kier molecular flexibility index (Phi) is 5.90. The van der Waals surface area contributed by atoms with Crippen molar-refractivity contribution in [2.75, 3.05) is 6.54 Å². The fourth-order valence-electron chi connectivity index (χ4n) is 2.23. The topological polar surface area (TPSA) is 3.24 Å². The first-order valence-electron chi connectivity index (χ1n) is 6.88. The summed E-state index contributed by atoms with van der Waals surface area (Å²) in [6.45, 7) is 5.16. The lowest BCUT2D eigenvalue weighted by Gasteiger charge is -2.22. The van der Waals surface area contributed by atoms with Gasteiger partial charge in [-0.05, 0) is 48.4 Å². The smallest absolute Gasteiger partial charge is 0.0406 e. The quantitative estimate of drug-likeness (QED) is 0.690. The predicted octanol–water partition coefficient (Wildman–Crippen LogP) is 5.41. The molecule has 0 heterocycles. The molecule has 0 saturated heterocycles. The Bertz CT molecular complexity index is 472. The van der Waals surface area contributed by atoms with Crippen LogP contribution < -0.4 is 0 Å². The van der Waals surface area contributed by atoms with Crippen molar-refractivity contribution in [3.8, 4) is 0 Å². The number of nitrogens with zero attached hydrogens (tertiary/aromatic N) is 1. The predicted molar refractivity (Wildman–Crippen MR) is 87.3 cm³/mol. The van der Waals surface area contributed by atoms with E-state index in [-0.39, 0.29) is 0 Å². The molecule has 0 N–H and O–H groups in total. The van der Waals surface area contributed by atoms with Crippen LogP contribution in [-0.2, 0) is 13.1 Å². The second-order valence-corrected chi connectivity index (χ2v) is 5.84. The molecule has 0 radical (unpaired) electrons. The lowest BCUT2D eigenvalue weighted by molar-refractivity contribution is 0.257. The molecule has 0 aromatic heterocycles. The van der Waals surface area contributed by atoms with Gasteiger partial charge in [0.15, 0.2) is 0 Å². The number of halogens is 2. The summed E-state index contributed by atoms with van der Waals surface area (Å²) in [4.78, 5) is 2.44. The van der Waals surface area contributed by atoms with Crippen molar-refractivity contribution < 1.29 is 0 Å². The number of benzene rings is 2. The summed E-state index contributed by atoms with van der Waals surface area (Å²) in [5.41, 5.74) is 2.58. The van der Waals surface area contributed by atoms with Crippen molar-refractivity contribution in [2.24, 2.45) is 0 Å². The summed E-state index contributed by atoms with van der Waals surface area (Å²) in [7, 11) is 0. The van der Waals surface area contributed by atoms with Crippen LogP contribution in [-0.4, -0.2) is 11.4 Å². The highest BCUT2D eigenvalue weighted by Crippen LogP contribution is 2.15. The standard InChI is InChI=1S/C17H19Cl2N/c1-2-11-20(12-14-3-7-16(18)8-4-14)13-15-5-9-17(19)10-6-15/h3-10H,2,11-13H2,1H3. The fourth-order valence-corrected chi connectivity index (χ4v) is 2.48. The molecule has 2 aromatic carbocycles. The second-order valence-electron chi connectivity index (χ2n) is 4.96. The molecule has 2 rings (SSSR count). The third-order valence-corrected chi connectivity index (χ3v) is 3.68. The van der Waals surface area contributed by atoms with Gasteiger partial charge in [-0.25, -0.2) is 0 Å². The van der Waals surface area contributed by atoms with E-state index < -0.39 is 0 Å². The van der Waals surface area contributed by atoms with Gasteiger partial charge in [-0.2, -0.15) is 0 Å². The molecule has 0 amide bonds. The molecule has 0 unspecified atom stereocenters. The Morgan fingerprint density at radius 2 is 1.15 bits per heavy atom. The molecule has 0 saturated carbocycles. The number of hydrogen-bond acceptors (Lipinski definition) is 1. The molecule has 0 aliphatic rings. The lowest BCUT2D eigenvalue weighted by Crippen LogP contribution is -2.23. The van der Waals surface area contributed by atoms with E-state index in [2.05, 4.69) is 36.1 Å². The highest BCUT2D eigenvalue weighted by molar-refractivity contribution is 6.30. The zero-order valence-electron chi connectivity index (χ0n) is 11.7. The van der Waals surface area contributed by atoms with Crippen LogP contribution in [0, 0.1) is 0 Å². The number of hydrogen-bond donors (Lipinski definition) is 0. The molecule has 0 aliphatic heterocycles. The van der Waals surface area contributed by atoms with Crippen LogP contribution >= 0.6 is 23.2 Å². The fraction of sp³-hybridized carbons (Fsp3) is 0.294. The molecule has 2 aromatic rings. The highest BCUT2D eigenvalue weighted by Gasteiger charge is 2.06. The van der Waals surface area contributed by atoms with E-state index in [1.165, 1.54) is 11.1 Å². The van der Waals surface area contributed by atoms with Crippen molar-refractivity contribution in [1.29, 1.82) is 0 Å². The van der Waals surface area contributed by atoms with Crippen LogP contribution in [0.25, 0.3) is 0 Å². The molecular weight excluding hydrogens is 289 g/mol. The summed E-state index contributed by atoms with van der Waals surface area (Å²) in [6.07, 6.45) is 1.14. The molecule has 3 heteroatoms. The average Bonchev–Trinajstić information content (AvgIpc) is 2.44. The average molecular weight is 308 g/mol. The minimum atomic E-state index is 0.786. The molecule has 0 spiro atoms. The summed E-state index contributed by atoms with van der Waals surface area (Å²) < 4.78 is 0. The summed E-state index contributed by atoms with van der Waals surface area (Å²) >= 11 is 11.9. The van der Waals surface area contributed by atoms with Gasteiger partial charge in [0.05, 0.1) is 0 Å². The first kappa shape index (κ1) is 15.4. The third-order valence-electron chi connectivity index (χ3n) is 3.18. The molecule has 0 fully saturated rings. The van der Waals surface area contributed by atoms with Gasteiger partial charge >= 0.3 is 0 Å². The van der Waals surface area contributed by atoms with Crippen LogP contribution in [0.3, 0.4) is 0 Å². The third kappa shape index (κ3) is 4.82. The molecular formula is C17H19Cl2N. The number of rotatable bonds is 6. The van der Waals surface area contributed by atoms with E-state index in [1.807, 2.05) is 24.3 Å². The highest BCUT2D eigenvalue weighted by atomic mass is 35.5. The minimum absolute atomic E-state index is 0.786. The van der Waals surface area contributed by atoms with Crippen molar-refractivity contribution in [3.05, 3.63) is 69.7 Å². The van der Waals surface area contributed by atoms with Crippen LogP contribution in [0.1, 0.15) is 24.5 Å². The summed E-state index contributed by atoms with van der Waals surface area (Å²) in [6, 6.07) is 16.2. The van der Waals surface area contributed by atoms with E-state index in [9.17, 15) is 0 Å². The molecule has 20 heavy (non-hydrogen) atoms. The maximum absolute atomic E-state index is 5.93. The van der Waals surface area contributed by atoms with Gasteiger partial charge in [0, 0.05) is 23.1 Å². The molecule has 106 valence electrons. The van der Waals surface area contributed by atoms with Crippen molar-refractivity contribution in [3.63, 3.8) is 0 Å². The first-order chi connectivity index (χ1) is 9.67. The zero-order chi connectivity index (χ0) is 14.4. The van der Waals surface area contributed by atoms with E-state index in [0.29, 0.717) is 0 Å². The van der Waals surface area contributed by atoms with Gasteiger partial charge in [-0.3, -0.25) is 4.90 Å². The van der Waals surface area contributed by atoms with Crippen molar-refractivity contribution >= 4 is 23.2 Å². The Hall–Kier alpha value is -1.02. The van der Waals surface area contributed by atoms with Gasteiger partial charge in [-0.15, -0.1) is 0 Å². The van der Waals surface area contributed by atoms with E-state index in [0.717, 1.165) is 36.1 Å². The lowest BCUT2D eigenvalue weighted by atomic mass is 10.1. The second kappa shape index (κ2) is 7.68. The van der Waals surface area contributed by atoms with E-state index >= 15 is 0 Å². The summed E-state index contributed by atoms with van der Waals surface area (Å²) in [5, 5.41) is 1.57. The van der Waals surface area contributed by atoms with Gasteiger partial charge in [0.1, 0.15) is 0 Å². The molecule has 0 bridgehead atoms. The van der Waals surface area contributed by atoms with Gasteiger partial charge in [-0.1, -0.05) is 54.4 Å². The van der Waals surface area contributed by atoms with Crippen LogP contribution in [0.15, 0.2) is 48.5 Å². The van der Waals surface area contributed by atoms with Crippen LogP contribution in [0.2, 0.25) is 10.0 Å². The zero-order valence-corrected chi connectivity index (χ0v) is 13.2. The summed E-state index contributed by atoms with van der Waals surface area (Å²) in [5.74, 6) is 0. The van der Waals surface area contributed by atoms with E-state index in [4.69, 9.17) is 23.2 Å². The monoisotopic (exact) mass is 307 g/mol. The SMILES string of the molecule is CCCN(Cc1ccc(Cl)cc1)Cc1ccc(Cl)cc1. The Balaban J connectivity index is 2.02. The van der Waals surface area contributed by atoms with Gasteiger partial charge in [0.2, 0.25) is 0 Å². The Morgan fingerprint density at radius 3 is 1.50 bits per heavy atom. The van der Waals surface area contributed by atoms with Gasteiger partial charge in [0.25, 0.3) is 0 Å². The Labute approximate surface area is 131 Å². The Morgan fingerprint density at radius 1 is 0.750 bits per heavy atom. The molecule has 1 nitrogen and oxygen atoms in total. The molecule has 0 aliphatic carbocycles. The van der Waals surface area contributed by atoms with Crippen LogP contribution in [0.5, 0.6) is 0 Å². The van der Waals surface area contributed by atoms with Crippen molar-refractivity contribution in [1.82, 2.24) is 4.90 Å². The minimum Gasteiger partial charge on any atom is -0.295 e. The molecule has 0 atom stereocenters. The first-order valence-corrected chi connectivity index (χ1v) is 7.64. The largest absolute Gasteiger partial charge is 0.295 e. The maximum atomic E-state index is 5.93. The van der Waals surface area contributed by atoms with E-state index in [1.54, 1.807) is 0 Å². The van der Waals surface area contributed by atoms with Gasteiger partial charge < -0.3 is 0 Å².